The van der Waals surface area contributed by atoms with Gasteiger partial charge in [-0.15, -0.1) is 0 Å². The molecule has 1 unspecified atom stereocenters. The van der Waals surface area contributed by atoms with Gasteiger partial charge in [0.15, 0.2) is 0 Å². The molecule has 1 atom stereocenters. The van der Waals surface area contributed by atoms with E-state index in [0.717, 1.165) is 4.90 Å². The first-order valence-electron chi connectivity index (χ1n) is 6.99. The van der Waals surface area contributed by atoms with Crippen molar-refractivity contribution in [2.45, 2.75) is 45.1 Å². The van der Waals surface area contributed by atoms with Gasteiger partial charge >= 0.3 is 5.97 Å². The zero-order valence-corrected chi connectivity index (χ0v) is 12.4. The second-order valence-corrected chi connectivity index (χ2v) is 5.22. The van der Waals surface area contributed by atoms with Crippen LogP contribution in [-0.2, 0) is 19.2 Å². The van der Waals surface area contributed by atoms with E-state index in [-0.39, 0.29) is 31.4 Å². The average molecular weight is 312 g/mol. The zero-order chi connectivity index (χ0) is 16.9. The van der Waals surface area contributed by atoms with Crippen molar-refractivity contribution in [3.05, 3.63) is 12.2 Å². The minimum Gasteiger partial charge on any atom is -0.480 e. The zero-order valence-electron chi connectivity index (χ0n) is 12.4. The number of carbonyl (C=O) groups is 4. The maximum atomic E-state index is 11.6. The van der Waals surface area contributed by atoms with Crippen molar-refractivity contribution in [2.24, 2.45) is 0 Å². The van der Waals surface area contributed by atoms with E-state index in [0.29, 0.717) is 17.9 Å². The smallest absolute Gasteiger partial charge is 0.326 e. The molecule has 122 valence electrons. The van der Waals surface area contributed by atoms with Crippen LogP contribution in [-0.4, -0.2) is 56.6 Å². The molecule has 0 aromatic carbocycles. The van der Waals surface area contributed by atoms with Gasteiger partial charge in [0.05, 0.1) is 0 Å². The van der Waals surface area contributed by atoms with E-state index >= 15 is 0 Å². The molecule has 8 heteroatoms. The summed E-state index contributed by atoms with van der Waals surface area (Å²) in [7, 11) is 0. The predicted molar refractivity (Wildman–Crippen MR) is 74.7 cm³/mol. The Morgan fingerprint density at radius 3 is 2.27 bits per heavy atom. The monoisotopic (exact) mass is 312 g/mol. The Kier molecular flexibility index (Phi) is 6.24. The summed E-state index contributed by atoms with van der Waals surface area (Å²) >= 11 is 0. The first kappa shape index (κ1) is 17.8. The number of rotatable bonds is 8. The van der Waals surface area contributed by atoms with Gasteiger partial charge in [0.1, 0.15) is 6.04 Å². The summed E-state index contributed by atoms with van der Waals surface area (Å²) in [6, 6.07) is -1.19. The normalized spacial score (nSPS) is 15.8. The summed E-state index contributed by atoms with van der Waals surface area (Å²) in [6.07, 6.45) is 0.853. The molecule has 0 saturated carbocycles. The van der Waals surface area contributed by atoms with Crippen LogP contribution in [0.2, 0.25) is 0 Å². The maximum absolute atomic E-state index is 11.6. The van der Waals surface area contributed by atoms with E-state index in [9.17, 15) is 24.4 Å². The van der Waals surface area contributed by atoms with Crippen LogP contribution in [0.5, 0.6) is 0 Å². The number of hydrogen-bond acceptors (Lipinski definition) is 5. The molecule has 0 aliphatic carbocycles. The lowest BCUT2D eigenvalue weighted by molar-refractivity contribution is -0.160. The Hall–Kier alpha value is -2.22. The quantitative estimate of drug-likeness (QED) is 0.222. The van der Waals surface area contributed by atoms with Crippen LogP contribution in [0.1, 0.15) is 39.0 Å². The Morgan fingerprint density at radius 2 is 1.82 bits per heavy atom. The molecule has 1 rings (SSSR count). The number of likely N-dealkylation sites (tertiary alicyclic amines) is 1. The van der Waals surface area contributed by atoms with Crippen LogP contribution in [0.3, 0.4) is 0 Å². The van der Waals surface area contributed by atoms with Crippen molar-refractivity contribution in [1.82, 2.24) is 9.96 Å². The number of carboxylic acids is 1. The lowest BCUT2D eigenvalue weighted by Crippen LogP contribution is -2.44. The molecular weight excluding hydrogens is 292 g/mol. The number of amides is 3. The fourth-order valence-corrected chi connectivity index (χ4v) is 2.23. The van der Waals surface area contributed by atoms with Crippen LogP contribution >= 0.6 is 0 Å². The predicted octanol–water partition coefficient (Wildman–Crippen LogP) is 0.553. The van der Waals surface area contributed by atoms with Gasteiger partial charge in [0.2, 0.25) is 11.8 Å². The number of carbonyl (C=O) groups excluding carboxylic acids is 3. The van der Waals surface area contributed by atoms with Gasteiger partial charge in [-0.3, -0.25) is 24.5 Å². The second kappa shape index (κ2) is 7.69. The van der Waals surface area contributed by atoms with E-state index in [1.807, 2.05) is 0 Å². The topological polar surface area (TPSA) is 115 Å². The van der Waals surface area contributed by atoms with E-state index in [1.54, 1.807) is 0 Å². The molecule has 0 spiro atoms. The number of unbranched alkanes of at least 4 members (excludes halogenated alkanes) is 1. The van der Waals surface area contributed by atoms with E-state index in [1.165, 1.54) is 6.92 Å². The standard InChI is InChI=1S/C14H20N2O6/c1-9(2)13(19)15(22)8-4-3-5-10(14(20)21)16-11(17)6-7-12(16)18/h10,22H,1,3-8H2,2H3,(H,20,21). The molecule has 1 aliphatic heterocycles. The molecule has 1 heterocycles. The molecule has 1 saturated heterocycles. The molecule has 0 bridgehead atoms. The van der Waals surface area contributed by atoms with Crippen molar-refractivity contribution >= 4 is 23.7 Å². The fraction of sp³-hybridized carbons (Fsp3) is 0.571. The molecule has 22 heavy (non-hydrogen) atoms. The third-order valence-electron chi connectivity index (χ3n) is 3.38. The highest BCUT2D eigenvalue weighted by atomic mass is 16.5. The Morgan fingerprint density at radius 1 is 1.27 bits per heavy atom. The van der Waals surface area contributed by atoms with Crippen molar-refractivity contribution < 1.29 is 29.5 Å². The number of carboxylic acid groups (broad SMARTS) is 1. The Labute approximate surface area is 127 Å². The highest BCUT2D eigenvalue weighted by Crippen LogP contribution is 2.19. The third-order valence-corrected chi connectivity index (χ3v) is 3.38. The minimum absolute atomic E-state index is 0.0277. The van der Waals surface area contributed by atoms with E-state index in [2.05, 4.69) is 6.58 Å². The van der Waals surface area contributed by atoms with Crippen molar-refractivity contribution in [3.63, 3.8) is 0 Å². The molecule has 2 N–H and O–H groups in total. The molecule has 0 radical (unpaired) electrons. The number of nitrogens with zero attached hydrogens (tertiary/aromatic N) is 2. The summed E-state index contributed by atoms with van der Waals surface area (Å²) < 4.78 is 0. The first-order valence-corrected chi connectivity index (χ1v) is 6.99. The van der Waals surface area contributed by atoms with Crippen LogP contribution < -0.4 is 0 Å². The first-order chi connectivity index (χ1) is 10.3. The maximum Gasteiger partial charge on any atom is 0.326 e. The lowest BCUT2D eigenvalue weighted by atomic mass is 10.1. The van der Waals surface area contributed by atoms with Gasteiger partial charge in [-0.25, -0.2) is 9.86 Å². The van der Waals surface area contributed by atoms with Crippen molar-refractivity contribution in [3.8, 4) is 0 Å². The average Bonchev–Trinajstić information content (AvgIpc) is 2.77. The largest absolute Gasteiger partial charge is 0.480 e. The van der Waals surface area contributed by atoms with Gasteiger partial charge in [0, 0.05) is 25.0 Å². The van der Waals surface area contributed by atoms with E-state index < -0.39 is 29.7 Å². The van der Waals surface area contributed by atoms with Gasteiger partial charge in [0.25, 0.3) is 5.91 Å². The molecule has 0 aromatic rings. The second-order valence-electron chi connectivity index (χ2n) is 5.22. The Bertz CT molecular complexity index is 486. The summed E-state index contributed by atoms with van der Waals surface area (Å²) in [6.45, 7) is 4.91. The van der Waals surface area contributed by atoms with Gasteiger partial charge in [-0.1, -0.05) is 6.58 Å². The molecule has 8 nitrogen and oxygen atoms in total. The van der Waals surface area contributed by atoms with Crippen LogP contribution in [0.4, 0.5) is 0 Å². The summed E-state index contributed by atoms with van der Waals surface area (Å²) in [4.78, 5) is 46.5. The molecule has 1 fully saturated rings. The van der Waals surface area contributed by atoms with Crippen molar-refractivity contribution in [1.29, 1.82) is 0 Å². The summed E-state index contributed by atoms with van der Waals surface area (Å²) in [5.74, 6) is -2.78. The van der Waals surface area contributed by atoms with Crippen LogP contribution in [0, 0.1) is 0 Å². The van der Waals surface area contributed by atoms with Gasteiger partial charge < -0.3 is 5.11 Å². The summed E-state index contributed by atoms with van der Waals surface area (Å²) in [5, 5.41) is 19.1. The molecule has 1 aliphatic rings. The third kappa shape index (κ3) is 4.39. The SMILES string of the molecule is C=C(C)C(=O)N(O)CCCCC(C(=O)O)N1C(=O)CCC1=O. The Balaban J connectivity index is 2.48. The number of aliphatic carboxylic acids is 1. The number of hydroxylamine groups is 2. The molecule has 3 amide bonds. The highest BCUT2D eigenvalue weighted by Gasteiger charge is 2.38. The van der Waals surface area contributed by atoms with Crippen molar-refractivity contribution in [2.75, 3.05) is 6.54 Å². The highest BCUT2D eigenvalue weighted by molar-refractivity contribution is 6.04. The van der Waals surface area contributed by atoms with E-state index in [4.69, 9.17) is 5.11 Å². The van der Waals surface area contributed by atoms with Gasteiger partial charge in [-0.05, 0) is 26.2 Å². The lowest BCUT2D eigenvalue weighted by Gasteiger charge is -2.22. The fourth-order valence-electron chi connectivity index (χ4n) is 2.23. The number of hydrogen-bond donors (Lipinski definition) is 2. The molecule has 0 aromatic heterocycles. The minimum atomic E-state index is -1.23. The number of imide groups is 1. The molecular formula is C14H20N2O6. The van der Waals surface area contributed by atoms with Gasteiger partial charge in [-0.2, -0.15) is 0 Å². The van der Waals surface area contributed by atoms with Crippen LogP contribution in [0.25, 0.3) is 0 Å². The summed E-state index contributed by atoms with van der Waals surface area (Å²) in [5.41, 5.74) is 0.194. The van der Waals surface area contributed by atoms with Crippen LogP contribution in [0.15, 0.2) is 12.2 Å².